The molecule has 0 aromatic rings. The SMILES string of the molecule is CCCCCC(=O)NC1(CC(=O)NO)CCC2(CC1)COCCO2. The van der Waals surface area contributed by atoms with Gasteiger partial charge in [0.2, 0.25) is 11.8 Å². The van der Waals surface area contributed by atoms with Crippen LogP contribution in [0.25, 0.3) is 0 Å². The van der Waals surface area contributed by atoms with Gasteiger partial charge in [0.15, 0.2) is 0 Å². The molecule has 1 saturated heterocycles. The van der Waals surface area contributed by atoms with E-state index in [2.05, 4.69) is 12.2 Å². The van der Waals surface area contributed by atoms with Crippen molar-refractivity contribution in [1.29, 1.82) is 0 Å². The highest BCUT2D eigenvalue weighted by atomic mass is 16.6. The summed E-state index contributed by atoms with van der Waals surface area (Å²) >= 11 is 0. The van der Waals surface area contributed by atoms with E-state index in [4.69, 9.17) is 14.7 Å². The Labute approximate surface area is 143 Å². The molecule has 0 aromatic heterocycles. The molecule has 2 fully saturated rings. The van der Waals surface area contributed by atoms with Crippen molar-refractivity contribution < 1.29 is 24.3 Å². The molecule has 0 radical (unpaired) electrons. The Bertz CT molecular complexity index is 425. The van der Waals surface area contributed by atoms with Gasteiger partial charge in [0.05, 0.1) is 31.8 Å². The molecular weight excluding hydrogens is 312 g/mol. The van der Waals surface area contributed by atoms with Crippen LogP contribution in [0.2, 0.25) is 0 Å². The van der Waals surface area contributed by atoms with Crippen LogP contribution in [0.5, 0.6) is 0 Å². The number of ether oxygens (including phenoxy) is 2. The molecule has 0 unspecified atom stereocenters. The van der Waals surface area contributed by atoms with Gasteiger partial charge in [0.25, 0.3) is 0 Å². The summed E-state index contributed by atoms with van der Waals surface area (Å²) in [6.45, 7) is 3.87. The van der Waals surface area contributed by atoms with E-state index in [9.17, 15) is 9.59 Å². The molecular formula is C17H30N2O5. The lowest BCUT2D eigenvalue weighted by atomic mass is 9.72. The zero-order valence-corrected chi connectivity index (χ0v) is 14.6. The molecule has 0 bridgehead atoms. The Hall–Kier alpha value is -1.18. The van der Waals surface area contributed by atoms with Crippen LogP contribution in [-0.2, 0) is 19.1 Å². The standard InChI is InChI=1S/C17H30N2O5/c1-2-3-4-5-14(20)18-16(12-15(21)19-22)6-8-17(9-7-16)13-23-10-11-24-17/h22H,2-13H2,1H3,(H,18,20)(H,19,21). The van der Waals surface area contributed by atoms with Crippen molar-refractivity contribution in [1.82, 2.24) is 10.8 Å². The van der Waals surface area contributed by atoms with Crippen molar-refractivity contribution in [2.75, 3.05) is 19.8 Å². The van der Waals surface area contributed by atoms with E-state index in [1.807, 2.05) is 0 Å². The zero-order chi connectivity index (χ0) is 17.5. The Balaban J connectivity index is 1.97. The number of nitrogens with one attached hydrogen (secondary N) is 2. The molecule has 138 valence electrons. The normalized spacial score (nSPS) is 30.1. The topological polar surface area (TPSA) is 96.9 Å². The van der Waals surface area contributed by atoms with Crippen molar-refractivity contribution in [3.05, 3.63) is 0 Å². The number of carbonyl (C=O) groups is 2. The number of hydrogen-bond donors (Lipinski definition) is 3. The van der Waals surface area contributed by atoms with Crippen molar-refractivity contribution >= 4 is 11.8 Å². The van der Waals surface area contributed by atoms with Gasteiger partial charge in [-0.1, -0.05) is 19.8 Å². The summed E-state index contributed by atoms with van der Waals surface area (Å²) in [6, 6.07) is 0. The van der Waals surface area contributed by atoms with Gasteiger partial charge in [0, 0.05) is 12.0 Å². The van der Waals surface area contributed by atoms with Crippen LogP contribution >= 0.6 is 0 Å². The molecule has 2 aliphatic rings. The van der Waals surface area contributed by atoms with Crippen molar-refractivity contribution in [3.8, 4) is 0 Å². The van der Waals surface area contributed by atoms with Gasteiger partial charge in [-0.2, -0.15) is 0 Å². The number of hydrogen-bond acceptors (Lipinski definition) is 5. The van der Waals surface area contributed by atoms with Crippen LogP contribution in [0.3, 0.4) is 0 Å². The minimum atomic E-state index is -0.609. The molecule has 1 spiro atoms. The van der Waals surface area contributed by atoms with Crippen molar-refractivity contribution in [2.24, 2.45) is 0 Å². The second-order valence-electron chi connectivity index (χ2n) is 7.08. The molecule has 24 heavy (non-hydrogen) atoms. The van der Waals surface area contributed by atoms with E-state index in [1.165, 1.54) is 0 Å². The summed E-state index contributed by atoms with van der Waals surface area (Å²) in [5.41, 5.74) is 0.791. The highest BCUT2D eigenvalue weighted by Gasteiger charge is 2.46. The minimum absolute atomic E-state index is 0.0223. The number of amides is 2. The average molecular weight is 342 g/mol. The molecule has 2 amide bonds. The Morgan fingerprint density at radius 2 is 1.83 bits per heavy atom. The second-order valence-corrected chi connectivity index (χ2v) is 7.08. The maximum absolute atomic E-state index is 12.3. The summed E-state index contributed by atoms with van der Waals surface area (Å²) < 4.78 is 11.5. The summed E-state index contributed by atoms with van der Waals surface area (Å²) in [7, 11) is 0. The summed E-state index contributed by atoms with van der Waals surface area (Å²) in [6.07, 6.45) is 6.25. The number of hydroxylamine groups is 1. The predicted molar refractivity (Wildman–Crippen MR) is 87.5 cm³/mol. The first-order valence-electron chi connectivity index (χ1n) is 8.99. The third-order valence-corrected chi connectivity index (χ3v) is 5.15. The maximum Gasteiger partial charge on any atom is 0.245 e. The number of unbranched alkanes of at least 4 members (excludes halogenated alkanes) is 2. The molecule has 7 heteroatoms. The molecule has 1 saturated carbocycles. The van der Waals surface area contributed by atoms with Gasteiger partial charge in [-0.15, -0.1) is 0 Å². The van der Waals surface area contributed by atoms with Crippen LogP contribution in [0.4, 0.5) is 0 Å². The molecule has 1 aliphatic carbocycles. The van der Waals surface area contributed by atoms with Crippen LogP contribution < -0.4 is 10.8 Å². The van der Waals surface area contributed by atoms with E-state index in [0.29, 0.717) is 39.1 Å². The van der Waals surface area contributed by atoms with Gasteiger partial charge in [-0.05, 0) is 32.1 Å². The fourth-order valence-electron chi connectivity index (χ4n) is 3.68. The molecule has 7 nitrogen and oxygen atoms in total. The van der Waals surface area contributed by atoms with Gasteiger partial charge >= 0.3 is 0 Å². The largest absolute Gasteiger partial charge is 0.376 e. The van der Waals surface area contributed by atoms with Crippen LogP contribution in [-0.4, -0.2) is 48.0 Å². The quantitative estimate of drug-likeness (QED) is 0.371. The maximum atomic E-state index is 12.3. The fraction of sp³-hybridized carbons (Fsp3) is 0.882. The molecule has 2 rings (SSSR count). The lowest BCUT2D eigenvalue weighted by molar-refractivity contribution is -0.179. The molecule has 0 aromatic carbocycles. The molecule has 1 heterocycles. The summed E-state index contributed by atoms with van der Waals surface area (Å²) in [5, 5.41) is 11.9. The van der Waals surface area contributed by atoms with Gasteiger partial charge in [0.1, 0.15) is 0 Å². The molecule has 3 N–H and O–H groups in total. The minimum Gasteiger partial charge on any atom is -0.376 e. The van der Waals surface area contributed by atoms with E-state index < -0.39 is 11.4 Å². The van der Waals surface area contributed by atoms with E-state index >= 15 is 0 Å². The highest BCUT2D eigenvalue weighted by molar-refractivity contribution is 5.80. The van der Waals surface area contributed by atoms with Gasteiger partial charge < -0.3 is 14.8 Å². The lowest BCUT2D eigenvalue weighted by Crippen LogP contribution is -2.58. The summed E-state index contributed by atoms with van der Waals surface area (Å²) in [4.78, 5) is 24.0. The Morgan fingerprint density at radius 1 is 1.08 bits per heavy atom. The van der Waals surface area contributed by atoms with Crippen LogP contribution in [0, 0.1) is 0 Å². The average Bonchev–Trinajstić information content (AvgIpc) is 2.59. The van der Waals surface area contributed by atoms with Gasteiger partial charge in [-0.3, -0.25) is 14.8 Å². The summed E-state index contributed by atoms with van der Waals surface area (Å²) in [5.74, 6) is -0.494. The molecule has 1 aliphatic heterocycles. The van der Waals surface area contributed by atoms with Crippen molar-refractivity contribution in [3.63, 3.8) is 0 Å². The monoisotopic (exact) mass is 342 g/mol. The Morgan fingerprint density at radius 3 is 2.42 bits per heavy atom. The second kappa shape index (κ2) is 8.78. The first-order chi connectivity index (χ1) is 11.5. The first-order valence-corrected chi connectivity index (χ1v) is 8.99. The predicted octanol–water partition coefficient (Wildman–Crippen LogP) is 1.68. The smallest absolute Gasteiger partial charge is 0.245 e. The zero-order valence-electron chi connectivity index (χ0n) is 14.6. The van der Waals surface area contributed by atoms with E-state index in [1.54, 1.807) is 5.48 Å². The fourth-order valence-corrected chi connectivity index (χ4v) is 3.68. The highest BCUT2D eigenvalue weighted by Crippen LogP contribution is 2.40. The van der Waals surface area contributed by atoms with Crippen LogP contribution in [0.1, 0.15) is 64.7 Å². The van der Waals surface area contributed by atoms with E-state index in [0.717, 1.165) is 32.1 Å². The first kappa shape index (κ1) is 19.1. The third kappa shape index (κ3) is 5.16. The number of rotatable bonds is 7. The van der Waals surface area contributed by atoms with Crippen LogP contribution in [0.15, 0.2) is 0 Å². The van der Waals surface area contributed by atoms with Crippen molar-refractivity contribution in [2.45, 2.75) is 75.9 Å². The van der Waals surface area contributed by atoms with E-state index in [-0.39, 0.29) is 17.9 Å². The lowest BCUT2D eigenvalue weighted by Gasteiger charge is -2.47. The van der Waals surface area contributed by atoms with Gasteiger partial charge in [-0.25, -0.2) is 5.48 Å². The molecule has 0 atom stereocenters. The third-order valence-electron chi connectivity index (χ3n) is 5.15. The number of carbonyl (C=O) groups excluding carboxylic acids is 2. The Kier molecular flexibility index (Phi) is 7.01.